The summed E-state index contributed by atoms with van der Waals surface area (Å²) >= 11 is 0. The fraction of sp³-hybridized carbons (Fsp3) is 0.111. The molecule has 1 rings (SSSR count). The lowest BCUT2D eigenvalue weighted by Crippen LogP contribution is -2.07. The highest BCUT2D eigenvalue weighted by Crippen LogP contribution is 2.23. The summed E-state index contributed by atoms with van der Waals surface area (Å²) in [5.74, 6) is -3.89. The fourth-order valence-corrected chi connectivity index (χ4v) is 0.868. The highest BCUT2D eigenvalue weighted by molar-refractivity contribution is 5.48. The van der Waals surface area contributed by atoms with E-state index in [0.29, 0.717) is 0 Å². The predicted molar refractivity (Wildman–Crippen MR) is 43.6 cm³/mol. The lowest BCUT2D eigenvalue weighted by Gasteiger charge is -2.06. The van der Waals surface area contributed by atoms with Crippen molar-refractivity contribution in [2.45, 2.75) is 0 Å². The van der Waals surface area contributed by atoms with Crippen LogP contribution >= 0.6 is 0 Å². The van der Waals surface area contributed by atoms with Gasteiger partial charge in [-0.25, -0.2) is 17.6 Å². The number of benzene rings is 1. The second-order valence-corrected chi connectivity index (χ2v) is 2.40. The van der Waals surface area contributed by atoms with Crippen molar-refractivity contribution < 1.29 is 17.6 Å². The number of hydrogen-bond donors (Lipinski definition) is 1. The van der Waals surface area contributed by atoms with E-state index in [0.717, 1.165) is 0 Å². The van der Waals surface area contributed by atoms with E-state index in [1.807, 2.05) is 11.2 Å². The van der Waals surface area contributed by atoms with Crippen molar-refractivity contribution in [2.75, 3.05) is 11.9 Å². The number of anilines is 1. The maximum Gasteiger partial charge on any atom is 0.185 e. The van der Waals surface area contributed by atoms with Crippen molar-refractivity contribution in [3.63, 3.8) is 0 Å². The van der Waals surface area contributed by atoms with E-state index in [1.165, 1.54) is 0 Å². The Hall–Kier alpha value is -1.70. The van der Waals surface area contributed by atoms with E-state index in [9.17, 15) is 17.6 Å². The lowest BCUT2D eigenvalue weighted by molar-refractivity contribution is 0.458. The largest absolute Gasteiger partial charge is 0.369 e. The van der Waals surface area contributed by atoms with Gasteiger partial charge in [0.05, 0.1) is 6.54 Å². The number of hydrogen-bond acceptors (Lipinski definition) is 1. The summed E-state index contributed by atoms with van der Waals surface area (Å²) in [6, 6.07) is 0.131. The van der Waals surface area contributed by atoms with Gasteiger partial charge in [0, 0.05) is 6.07 Å². The van der Waals surface area contributed by atoms with Gasteiger partial charge >= 0.3 is 0 Å². The molecule has 1 N–H and O–H groups in total. The molecule has 1 nitrogen and oxygen atoms in total. The Morgan fingerprint density at radius 2 is 1.64 bits per heavy atom. The van der Waals surface area contributed by atoms with E-state index >= 15 is 0 Å². The van der Waals surface area contributed by atoms with Crippen LogP contribution in [0.5, 0.6) is 0 Å². The first kappa shape index (κ1) is 10.4. The summed E-state index contributed by atoms with van der Waals surface area (Å²) in [4.78, 5) is 0. The van der Waals surface area contributed by atoms with Gasteiger partial charge in [-0.1, -0.05) is 5.92 Å². The predicted octanol–water partition coefficient (Wildman–Crippen LogP) is 2.29. The van der Waals surface area contributed by atoms with Crippen LogP contribution in [0.2, 0.25) is 0 Å². The Morgan fingerprint density at radius 1 is 1.14 bits per heavy atom. The number of nitrogens with one attached hydrogen (secondary N) is 1. The molecule has 14 heavy (non-hydrogen) atoms. The Bertz CT molecular complexity index is 369. The lowest BCUT2D eigenvalue weighted by atomic mass is 10.2. The first-order valence-corrected chi connectivity index (χ1v) is 3.58. The van der Waals surface area contributed by atoms with Crippen molar-refractivity contribution in [1.82, 2.24) is 0 Å². The molecule has 0 unspecified atom stereocenters. The van der Waals surface area contributed by atoms with E-state index < -0.39 is 29.0 Å². The van der Waals surface area contributed by atoms with Gasteiger partial charge in [-0.3, -0.25) is 0 Å². The molecule has 1 aromatic rings. The minimum Gasteiger partial charge on any atom is -0.369 e. The zero-order chi connectivity index (χ0) is 10.7. The van der Waals surface area contributed by atoms with Crippen LogP contribution < -0.4 is 5.32 Å². The Balaban J connectivity index is 3.19. The highest BCUT2D eigenvalue weighted by atomic mass is 19.2. The van der Waals surface area contributed by atoms with E-state index in [-0.39, 0.29) is 12.6 Å². The minimum absolute atomic E-state index is 0.131. The molecule has 0 spiro atoms. The van der Waals surface area contributed by atoms with Gasteiger partial charge in [0.25, 0.3) is 0 Å². The van der Waals surface area contributed by atoms with Crippen LogP contribution in [0, 0.1) is 35.6 Å². The molecular formula is C9H5F4N. The molecule has 0 aromatic heterocycles. The molecule has 0 saturated carbocycles. The topological polar surface area (TPSA) is 12.0 Å². The summed E-state index contributed by atoms with van der Waals surface area (Å²) in [5, 5.41) is 2.05. The number of rotatable bonds is 2. The average Bonchev–Trinajstić information content (AvgIpc) is 2.15. The van der Waals surface area contributed by atoms with Crippen molar-refractivity contribution in [2.24, 2.45) is 0 Å². The maximum absolute atomic E-state index is 12.9. The molecule has 0 atom stereocenters. The molecule has 0 aliphatic heterocycles. The second-order valence-electron chi connectivity index (χ2n) is 2.40. The van der Waals surface area contributed by atoms with Crippen molar-refractivity contribution in [3.8, 4) is 12.3 Å². The standard InChI is InChI=1S/C9H5F4N/c1-2-3-14-9-7(12)5(10)4-6(11)8(9)13/h1,4,14H,3H2. The normalized spacial score (nSPS) is 9.64. The van der Waals surface area contributed by atoms with Crippen LogP contribution in [0.4, 0.5) is 23.2 Å². The van der Waals surface area contributed by atoms with Gasteiger partial charge in [-0.2, -0.15) is 0 Å². The van der Waals surface area contributed by atoms with Gasteiger partial charge < -0.3 is 5.32 Å². The van der Waals surface area contributed by atoms with E-state index in [1.54, 1.807) is 0 Å². The fourth-order valence-electron chi connectivity index (χ4n) is 0.868. The van der Waals surface area contributed by atoms with E-state index in [4.69, 9.17) is 6.42 Å². The molecular weight excluding hydrogens is 198 g/mol. The van der Waals surface area contributed by atoms with E-state index in [2.05, 4.69) is 0 Å². The quantitative estimate of drug-likeness (QED) is 0.441. The Kier molecular flexibility index (Phi) is 2.97. The third-order valence-corrected chi connectivity index (χ3v) is 1.48. The molecule has 0 heterocycles. The van der Waals surface area contributed by atoms with Crippen LogP contribution in [0.3, 0.4) is 0 Å². The number of terminal acetylenes is 1. The van der Waals surface area contributed by atoms with Crippen molar-refractivity contribution >= 4 is 5.69 Å². The smallest absolute Gasteiger partial charge is 0.185 e. The molecule has 1 aromatic carbocycles. The van der Waals surface area contributed by atoms with Crippen LogP contribution in [-0.4, -0.2) is 6.54 Å². The van der Waals surface area contributed by atoms with Gasteiger partial charge in [0.15, 0.2) is 23.3 Å². The van der Waals surface area contributed by atoms with Gasteiger partial charge in [-0.05, 0) is 0 Å². The molecule has 74 valence electrons. The third kappa shape index (κ3) is 1.79. The zero-order valence-corrected chi connectivity index (χ0v) is 6.87. The molecule has 0 radical (unpaired) electrons. The Labute approximate surface area is 77.7 Å². The van der Waals surface area contributed by atoms with Crippen molar-refractivity contribution in [3.05, 3.63) is 29.3 Å². The first-order valence-electron chi connectivity index (χ1n) is 3.58. The molecule has 0 aliphatic rings. The maximum atomic E-state index is 12.9. The van der Waals surface area contributed by atoms with Crippen molar-refractivity contribution in [1.29, 1.82) is 0 Å². The molecule has 0 amide bonds. The SMILES string of the molecule is C#CCNc1c(F)c(F)cc(F)c1F. The van der Waals surface area contributed by atoms with Gasteiger partial charge in [0.2, 0.25) is 0 Å². The van der Waals surface area contributed by atoms with Crippen LogP contribution in [0.25, 0.3) is 0 Å². The summed E-state index contributed by atoms with van der Waals surface area (Å²) in [6.45, 7) is -0.225. The van der Waals surface area contributed by atoms with Crippen LogP contribution in [0.15, 0.2) is 6.07 Å². The average molecular weight is 203 g/mol. The second kappa shape index (κ2) is 4.01. The monoisotopic (exact) mass is 203 g/mol. The summed E-state index contributed by atoms with van der Waals surface area (Å²) in [5.41, 5.74) is -0.888. The summed E-state index contributed by atoms with van der Waals surface area (Å²) in [6.07, 6.45) is 4.81. The highest BCUT2D eigenvalue weighted by Gasteiger charge is 2.18. The van der Waals surface area contributed by atoms with Gasteiger partial charge in [0.1, 0.15) is 5.69 Å². The van der Waals surface area contributed by atoms with Crippen LogP contribution in [0.1, 0.15) is 0 Å². The molecule has 5 heteroatoms. The number of halogens is 4. The third-order valence-electron chi connectivity index (χ3n) is 1.48. The van der Waals surface area contributed by atoms with Gasteiger partial charge in [-0.15, -0.1) is 6.42 Å². The van der Waals surface area contributed by atoms with Crippen LogP contribution in [-0.2, 0) is 0 Å². The zero-order valence-electron chi connectivity index (χ0n) is 6.87. The molecule has 0 saturated heterocycles. The molecule has 0 bridgehead atoms. The minimum atomic E-state index is -1.49. The molecule has 0 fully saturated rings. The first-order chi connectivity index (χ1) is 6.57. The molecule has 0 aliphatic carbocycles. The Morgan fingerprint density at radius 3 is 2.07 bits per heavy atom. The summed E-state index contributed by atoms with van der Waals surface area (Å²) < 4.78 is 50.9. The summed E-state index contributed by atoms with van der Waals surface area (Å²) in [7, 11) is 0.